The molecule has 0 bridgehead atoms. The highest BCUT2D eigenvalue weighted by Crippen LogP contribution is 2.39. The predicted octanol–water partition coefficient (Wildman–Crippen LogP) is 2.77. The van der Waals surface area contributed by atoms with Gasteiger partial charge in [0.15, 0.2) is 0 Å². The van der Waals surface area contributed by atoms with Gasteiger partial charge < -0.3 is 4.74 Å². The lowest BCUT2D eigenvalue weighted by molar-refractivity contribution is -0.147. The summed E-state index contributed by atoms with van der Waals surface area (Å²) in [7, 11) is -1.26. The molecular weight excluding hydrogens is 272 g/mol. The van der Waals surface area contributed by atoms with Gasteiger partial charge in [0.2, 0.25) is 0 Å². The Morgan fingerprint density at radius 1 is 0.900 bits per heavy atom. The number of benzene rings is 2. The van der Waals surface area contributed by atoms with Gasteiger partial charge in [-0.05, 0) is 11.1 Å². The molecule has 0 saturated carbocycles. The molecule has 0 N–H and O–H groups in total. The van der Waals surface area contributed by atoms with E-state index in [0.717, 1.165) is 11.1 Å². The highest BCUT2D eigenvalue weighted by atomic mass is 32.2. The number of cyclic esters (lactones) is 1. The lowest BCUT2D eigenvalue weighted by Crippen LogP contribution is -2.32. The number of hydrogen-bond donors (Lipinski definition) is 0. The first-order chi connectivity index (χ1) is 9.75. The highest BCUT2D eigenvalue weighted by Gasteiger charge is 2.38. The van der Waals surface area contributed by atoms with Crippen molar-refractivity contribution >= 4 is 16.8 Å². The van der Waals surface area contributed by atoms with Crippen molar-refractivity contribution in [3.05, 3.63) is 71.8 Å². The van der Waals surface area contributed by atoms with Gasteiger partial charge in [-0.1, -0.05) is 60.7 Å². The quantitative estimate of drug-likeness (QED) is 0.797. The molecule has 1 aliphatic rings. The van der Waals surface area contributed by atoms with Crippen molar-refractivity contribution in [1.29, 1.82) is 0 Å². The van der Waals surface area contributed by atoms with Crippen molar-refractivity contribution in [2.75, 3.05) is 5.75 Å². The van der Waals surface area contributed by atoms with E-state index in [4.69, 9.17) is 4.74 Å². The molecule has 20 heavy (non-hydrogen) atoms. The van der Waals surface area contributed by atoms with Crippen LogP contribution in [0.3, 0.4) is 0 Å². The van der Waals surface area contributed by atoms with Crippen molar-refractivity contribution in [2.24, 2.45) is 0 Å². The fraction of sp³-hybridized carbons (Fsp3) is 0.188. The number of carbonyl (C=O) groups excluding carboxylic acids is 1. The molecule has 3 nitrogen and oxygen atoms in total. The van der Waals surface area contributed by atoms with Gasteiger partial charge in [0.1, 0.15) is 17.1 Å². The van der Waals surface area contributed by atoms with Crippen LogP contribution in [0, 0.1) is 0 Å². The molecule has 3 atom stereocenters. The molecule has 0 spiro atoms. The Morgan fingerprint density at radius 3 is 2.05 bits per heavy atom. The zero-order chi connectivity index (χ0) is 13.9. The summed E-state index contributed by atoms with van der Waals surface area (Å²) in [6, 6.07) is 19.1. The van der Waals surface area contributed by atoms with Gasteiger partial charge in [0, 0.05) is 10.8 Å². The summed E-state index contributed by atoms with van der Waals surface area (Å²) >= 11 is 0. The van der Waals surface area contributed by atoms with Gasteiger partial charge in [-0.15, -0.1) is 0 Å². The van der Waals surface area contributed by atoms with Gasteiger partial charge >= 0.3 is 5.97 Å². The largest absolute Gasteiger partial charge is 0.455 e. The fourth-order valence-electron chi connectivity index (χ4n) is 2.44. The summed E-state index contributed by atoms with van der Waals surface area (Å²) in [5, 5.41) is -0.309. The van der Waals surface area contributed by atoms with Crippen molar-refractivity contribution < 1.29 is 13.7 Å². The van der Waals surface area contributed by atoms with E-state index < -0.39 is 22.9 Å². The van der Waals surface area contributed by atoms with Crippen LogP contribution in [0.25, 0.3) is 0 Å². The molecule has 0 aliphatic carbocycles. The summed E-state index contributed by atoms with van der Waals surface area (Å²) in [6.45, 7) is 0. The summed E-state index contributed by atoms with van der Waals surface area (Å²) in [5.74, 6) is -0.438. The maximum absolute atomic E-state index is 12.4. The first-order valence-corrected chi connectivity index (χ1v) is 7.80. The van der Waals surface area contributed by atoms with E-state index in [1.807, 2.05) is 60.7 Å². The second-order valence-electron chi connectivity index (χ2n) is 4.68. The van der Waals surface area contributed by atoms with Crippen molar-refractivity contribution in [2.45, 2.75) is 11.4 Å². The van der Waals surface area contributed by atoms with E-state index in [0.29, 0.717) is 0 Å². The number of esters is 1. The molecule has 2 aromatic rings. The second kappa shape index (κ2) is 5.59. The minimum atomic E-state index is -1.26. The van der Waals surface area contributed by atoms with Crippen LogP contribution in [0.15, 0.2) is 60.7 Å². The fourth-order valence-corrected chi connectivity index (χ4v) is 3.87. The predicted molar refractivity (Wildman–Crippen MR) is 77.5 cm³/mol. The Kier molecular flexibility index (Phi) is 3.65. The monoisotopic (exact) mass is 286 g/mol. The maximum atomic E-state index is 12.4. The third-order valence-electron chi connectivity index (χ3n) is 3.33. The van der Waals surface area contributed by atoms with Gasteiger partial charge in [-0.25, -0.2) is 0 Å². The van der Waals surface area contributed by atoms with E-state index in [9.17, 15) is 9.00 Å². The Morgan fingerprint density at radius 2 is 1.45 bits per heavy atom. The molecule has 102 valence electrons. The third kappa shape index (κ3) is 2.51. The SMILES string of the molecule is O=C1CS(=O)[C@H](c2ccccc2)[C@@H](c2ccccc2)O1. The smallest absolute Gasteiger partial charge is 0.319 e. The van der Waals surface area contributed by atoms with Crippen molar-refractivity contribution in [3.8, 4) is 0 Å². The normalized spacial score (nSPS) is 26.0. The van der Waals surface area contributed by atoms with Gasteiger partial charge in [-0.3, -0.25) is 9.00 Å². The summed E-state index contributed by atoms with van der Waals surface area (Å²) < 4.78 is 17.9. The van der Waals surface area contributed by atoms with Gasteiger partial charge in [0.05, 0.1) is 0 Å². The van der Waals surface area contributed by atoms with E-state index in [-0.39, 0.29) is 11.0 Å². The van der Waals surface area contributed by atoms with Crippen LogP contribution in [-0.2, 0) is 20.3 Å². The highest BCUT2D eigenvalue weighted by molar-refractivity contribution is 7.86. The Bertz CT molecular complexity index is 625. The van der Waals surface area contributed by atoms with E-state index >= 15 is 0 Å². The molecule has 2 aromatic carbocycles. The lowest BCUT2D eigenvalue weighted by Gasteiger charge is -2.31. The molecule has 0 amide bonds. The summed E-state index contributed by atoms with van der Waals surface area (Å²) in [6.07, 6.45) is -0.485. The number of carbonyl (C=O) groups is 1. The standard InChI is InChI=1S/C16H14O3S/c17-14-11-20(18)16(13-9-5-2-6-10-13)15(19-14)12-7-3-1-4-8-12/h1-10,15-16H,11H2/t15-,16-,20?/m1/s1. The van der Waals surface area contributed by atoms with Gasteiger partial charge in [-0.2, -0.15) is 0 Å². The minimum absolute atomic E-state index is 0.0388. The molecule has 1 heterocycles. The maximum Gasteiger partial charge on any atom is 0.319 e. The summed E-state index contributed by atoms with van der Waals surface area (Å²) in [5.41, 5.74) is 1.81. The molecule has 3 rings (SSSR count). The molecule has 0 aromatic heterocycles. The first-order valence-electron chi connectivity index (χ1n) is 6.42. The van der Waals surface area contributed by atoms with E-state index in [1.165, 1.54) is 0 Å². The minimum Gasteiger partial charge on any atom is -0.455 e. The Hall–Kier alpha value is -1.94. The van der Waals surface area contributed by atoms with Crippen molar-refractivity contribution in [1.82, 2.24) is 0 Å². The molecular formula is C16H14O3S. The lowest BCUT2D eigenvalue weighted by atomic mass is 10.0. The molecule has 1 aliphatic heterocycles. The first kappa shape index (κ1) is 13.1. The average Bonchev–Trinajstić information content (AvgIpc) is 2.48. The van der Waals surface area contributed by atoms with Crippen LogP contribution in [0.2, 0.25) is 0 Å². The van der Waals surface area contributed by atoms with Crippen LogP contribution in [0.4, 0.5) is 0 Å². The zero-order valence-corrected chi connectivity index (χ0v) is 11.6. The number of rotatable bonds is 2. The van der Waals surface area contributed by atoms with Crippen LogP contribution in [0.1, 0.15) is 22.5 Å². The average molecular weight is 286 g/mol. The molecule has 0 radical (unpaired) electrons. The Balaban J connectivity index is 2.03. The molecule has 4 heteroatoms. The van der Waals surface area contributed by atoms with E-state index in [1.54, 1.807) is 0 Å². The number of hydrogen-bond acceptors (Lipinski definition) is 3. The topological polar surface area (TPSA) is 43.4 Å². The number of ether oxygens (including phenoxy) is 1. The second-order valence-corrected chi connectivity index (χ2v) is 6.24. The van der Waals surface area contributed by atoms with Crippen molar-refractivity contribution in [3.63, 3.8) is 0 Å². The van der Waals surface area contributed by atoms with E-state index in [2.05, 4.69) is 0 Å². The molecule has 1 saturated heterocycles. The molecule has 1 unspecified atom stereocenters. The molecule has 1 fully saturated rings. The summed E-state index contributed by atoms with van der Waals surface area (Å²) in [4.78, 5) is 11.6. The van der Waals surface area contributed by atoms with Crippen LogP contribution >= 0.6 is 0 Å². The van der Waals surface area contributed by atoms with Gasteiger partial charge in [0.25, 0.3) is 0 Å². The zero-order valence-electron chi connectivity index (χ0n) is 10.8. The van der Waals surface area contributed by atoms with Crippen LogP contribution in [0.5, 0.6) is 0 Å². The van der Waals surface area contributed by atoms with Crippen LogP contribution < -0.4 is 0 Å². The van der Waals surface area contributed by atoms with Crippen LogP contribution in [-0.4, -0.2) is 15.9 Å². The third-order valence-corrected chi connectivity index (χ3v) is 4.94. The Labute approximate surface area is 120 Å².